The van der Waals surface area contributed by atoms with Crippen molar-refractivity contribution in [3.8, 4) is 5.69 Å². The quantitative estimate of drug-likeness (QED) is 0.505. The van der Waals surface area contributed by atoms with E-state index in [4.69, 9.17) is 9.72 Å². The number of rotatable bonds is 5. The lowest BCUT2D eigenvalue weighted by molar-refractivity contribution is 0.121. The molecule has 0 spiro atoms. The van der Waals surface area contributed by atoms with E-state index in [2.05, 4.69) is 33.4 Å². The highest BCUT2D eigenvalue weighted by Crippen LogP contribution is 2.29. The van der Waals surface area contributed by atoms with Crippen molar-refractivity contribution in [2.75, 3.05) is 36.5 Å². The van der Waals surface area contributed by atoms with Gasteiger partial charge in [0.2, 0.25) is 5.95 Å². The molecule has 0 unspecified atom stereocenters. The second kappa shape index (κ2) is 8.67. The monoisotopic (exact) mass is 445 g/mol. The Morgan fingerprint density at radius 2 is 1.82 bits per heavy atom. The summed E-state index contributed by atoms with van der Waals surface area (Å²) in [6.45, 7) is 6.79. The molecule has 3 heterocycles. The van der Waals surface area contributed by atoms with Crippen LogP contribution >= 0.6 is 0 Å². The molecule has 33 heavy (non-hydrogen) atoms. The zero-order valence-electron chi connectivity index (χ0n) is 19.0. The van der Waals surface area contributed by atoms with E-state index in [1.54, 1.807) is 24.3 Å². The Morgan fingerprint density at radius 3 is 2.58 bits per heavy atom. The molecule has 1 N–H and O–H groups in total. The normalized spacial score (nSPS) is 15.1. The number of nitrogens with zero attached hydrogens (tertiary/aromatic N) is 6. The highest BCUT2D eigenvalue weighted by Gasteiger charge is 2.21. The fourth-order valence-corrected chi connectivity index (χ4v) is 4.37. The molecule has 0 amide bonds. The molecule has 1 saturated heterocycles. The van der Waals surface area contributed by atoms with E-state index in [0.717, 1.165) is 28.0 Å². The molecule has 1 atom stereocenters. The van der Waals surface area contributed by atoms with Crippen molar-refractivity contribution in [3.63, 3.8) is 0 Å². The molecule has 170 valence electrons. The molecular weight excluding hydrogens is 418 g/mol. The summed E-state index contributed by atoms with van der Waals surface area (Å²) in [5.74, 6) is 0.679. The van der Waals surface area contributed by atoms with Gasteiger partial charge in [0.15, 0.2) is 0 Å². The van der Waals surface area contributed by atoms with E-state index in [1.165, 1.54) is 0 Å². The number of para-hydroxylation sites is 2. The average Bonchev–Trinajstić information content (AvgIpc) is 3.37. The summed E-state index contributed by atoms with van der Waals surface area (Å²) in [6, 6.07) is 11.9. The molecule has 0 radical (unpaired) electrons. The second-order valence-corrected chi connectivity index (χ2v) is 8.38. The standard InChI is InChI=1S/C24H27N7O2/c1-16-12-18(17(2)27-20-6-4-5-7-21(20)31-14-25-26-15-31)22-19(13-16)23(32)29(3)24(28-22)30-8-10-33-11-9-30/h4-7,12-15,17,27H,8-11H2,1-3H3/t17-/m0/s1. The number of aromatic nitrogens is 5. The molecular formula is C24H27N7O2. The molecule has 2 aromatic heterocycles. The average molecular weight is 446 g/mol. The zero-order valence-corrected chi connectivity index (χ0v) is 19.0. The molecule has 1 aliphatic rings. The maximum absolute atomic E-state index is 13.3. The van der Waals surface area contributed by atoms with E-state index in [0.29, 0.717) is 37.6 Å². The van der Waals surface area contributed by atoms with Gasteiger partial charge < -0.3 is 15.0 Å². The van der Waals surface area contributed by atoms with E-state index >= 15 is 0 Å². The number of anilines is 2. The number of hydrogen-bond acceptors (Lipinski definition) is 7. The number of fused-ring (bicyclic) bond motifs is 1. The van der Waals surface area contributed by atoms with Crippen LogP contribution in [0.5, 0.6) is 0 Å². The van der Waals surface area contributed by atoms with Gasteiger partial charge >= 0.3 is 0 Å². The van der Waals surface area contributed by atoms with Crippen LogP contribution in [0, 0.1) is 6.92 Å². The van der Waals surface area contributed by atoms with Gasteiger partial charge in [-0.2, -0.15) is 0 Å². The van der Waals surface area contributed by atoms with Crippen LogP contribution in [-0.2, 0) is 11.8 Å². The summed E-state index contributed by atoms with van der Waals surface area (Å²) in [5.41, 5.74) is 4.59. The van der Waals surface area contributed by atoms with Crippen molar-refractivity contribution >= 4 is 22.5 Å². The van der Waals surface area contributed by atoms with Gasteiger partial charge in [0.1, 0.15) is 12.7 Å². The number of morpholine rings is 1. The SMILES string of the molecule is Cc1cc([C@H](C)Nc2ccccc2-n2cnnc2)c2nc(N3CCOCC3)n(C)c(=O)c2c1. The molecule has 1 aliphatic heterocycles. The topological polar surface area (TPSA) is 90.1 Å². The fraction of sp³-hybridized carbons (Fsp3) is 0.333. The second-order valence-electron chi connectivity index (χ2n) is 8.38. The van der Waals surface area contributed by atoms with Crippen molar-refractivity contribution in [1.29, 1.82) is 0 Å². The number of nitrogens with one attached hydrogen (secondary N) is 1. The Hall–Kier alpha value is -3.72. The fourth-order valence-electron chi connectivity index (χ4n) is 4.37. The highest BCUT2D eigenvalue weighted by molar-refractivity contribution is 5.84. The largest absolute Gasteiger partial charge is 0.378 e. The minimum absolute atomic E-state index is 0.0384. The molecule has 2 aromatic carbocycles. The maximum Gasteiger partial charge on any atom is 0.262 e. The Bertz CT molecular complexity index is 1340. The van der Waals surface area contributed by atoms with E-state index in [1.807, 2.05) is 41.8 Å². The number of hydrogen-bond donors (Lipinski definition) is 1. The smallest absolute Gasteiger partial charge is 0.262 e. The van der Waals surface area contributed by atoms with Gasteiger partial charge in [0.25, 0.3) is 5.56 Å². The van der Waals surface area contributed by atoms with Gasteiger partial charge in [0.05, 0.1) is 41.5 Å². The lowest BCUT2D eigenvalue weighted by Gasteiger charge is -2.29. The van der Waals surface area contributed by atoms with Gasteiger partial charge in [-0.05, 0) is 37.6 Å². The van der Waals surface area contributed by atoms with Crippen LogP contribution in [0.25, 0.3) is 16.6 Å². The van der Waals surface area contributed by atoms with Crippen LogP contribution in [0.1, 0.15) is 24.1 Å². The van der Waals surface area contributed by atoms with Gasteiger partial charge in [-0.3, -0.25) is 13.9 Å². The lowest BCUT2D eigenvalue weighted by atomic mass is 10.0. The summed E-state index contributed by atoms with van der Waals surface area (Å²) < 4.78 is 9.01. The molecule has 4 aromatic rings. The summed E-state index contributed by atoms with van der Waals surface area (Å²) >= 11 is 0. The first-order valence-electron chi connectivity index (χ1n) is 11.1. The summed E-state index contributed by atoms with van der Waals surface area (Å²) in [4.78, 5) is 20.4. The predicted octanol–water partition coefficient (Wildman–Crippen LogP) is 2.83. The highest BCUT2D eigenvalue weighted by atomic mass is 16.5. The van der Waals surface area contributed by atoms with Gasteiger partial charge in [-0.25, -0.2) is 4.98 Å². The van der Waals surface area contributed by atoms with Gasteiger partial charge in [-0.15, -0.1) is 10.2 Å². The predicted molar refractivity (Wildman–Crippen MR) is 128 cm³/mol. The Kier molecular flexibility index (Phi) is 5.55. The Labute approximate surface area is 191 Å². The van der Waals surface area contributed by atoms with Crippen LogP contribution in [0.4, 0.5) is 11.6 Å². The van der Waals surface area contributed by atoms with Crippen LogP contribution in [-0.4, -0.2) is 50.6 Å². The first kappa shape index (κ1) is 21.1. The summed E-state index contributed by atoms with van der Waals surface area (Å²) in [6.07, 6.45) is 3.35. The third-order valence-corrected chi connectivity index (χ3v) is 6.06. The number of aryl methyl sites for hydroxylation is 1. The van der Waals surface area contributed by atoms with Crippen LogP contribution in [0.15, 0.2) is 53.8 Å². The zero-order chi connectivity index (χ0) is 22.9. The van der Waals surface area contributed by atoms with Crippen LogP contribution in [0.3, 0.4) is 0 Å². The van der Waals surface area contributed by atoms with Crippen molar-refractivity contribution in [2.24, 2.45) is 7.05 Å². The van der Waals surface area contributed by atoms with E-state index in [9.17, 15) is 4.79 Å². The summed E-state index contributed by atoms with van der Waals surface area (Å²) in [5, 5.41) is 12.1. The van der Waals surface area contributed by atoms with E-state index in [-0.39, 0.29) is 11.6 Å². The third-order valence-electron chi connectivity index (χ3n) is 6.06. The van der Waals surface area contributed by atoms with Crippen LogP contribution < -0.4 is 15.8 Å². The first-order valence-corrected chi connectivity index (χ1v) is 11.1. The minimum atomic E-state index is -0.0952. The lowest BCUT2D eigenvalue weighted by Crippen LogP contribution is -2.40. The van der Waals surface area contributed by atoms with Gasteiger partial charge in [-0.1, -0.05) is 18.2 Å². The Balaban J connectivity index is 1.59. The van der Waals surface area contributed by atoms with Crippen molar-refractivity contribution in [2.45, 2.75) is 19.9 Å². The number of benzene rings is 2. The molecule has 1 fully saturated rings. The first-order chi connectivity index (χ1) is 16.0. The number of ether oxygens (including phenoxy) is 1. The van der Waals surface area contributed by atoms with Crippen LogP contribution in [0.2, 0.25) is 0 Å². The Morgan fingerprint density at radius 1 is 1.09 bits per heavy atom. The molecule has 5 rings (SSSR count). The maximum atomic E-state index is 13.3. The van der Waals surface area contributed by atoms with Crippen molar-refractivity contribution in [1.82, 2.24) is 24.3 Å². The van der Waals surface area contributed by atoms with E-state index < -0.39 is 0 Å². The third kappa shape index (κ3) is 3.95. The molecule has 9 heteroatoms. The summed E-state index contributed by atoms with van der Waals surface area (Å²) in [7, 11) is 1.79. The molecule has 0 saturated carbocycles. The van der Waals surface area contributed by atoms with Crippen molar-refractivity contribution in [3.05, 3.63) is 70.5 Å². The van der Waals surface area contributed by atoms with Crippen molar-refractivity contribution < 1.29 is 4.74 Å². The molecule has 9 nitrogen and oxygen atoms in total. The van der Waals surface area contributed by atoms with Gasteiger partial charge in [0, 0.05) is 25.7 Å². The molecule has 0 bridgehead atoms. The molecule has 0 aliphatic carbocycles. The minimum Gasteiger partial charge on any atom is -0.378 e.